The van der Waals surface area contributed by atoms with Crippen LogP contribution in [0.15, 0.2) is 0 Å². The van der Waals surface area contributed by atoms with Gasteiger partial charge < -0.3 is 15.1 Å². The Morgan fingerprint density at radius 2 is 1.71 bits per heavy atom. The van der Waals surface area contributed by atoms with Gasteiger partial charge in [0.1, 0.15) is 0 Å². The Morgan fingerprint density at radius 1 is 1.10 bits per heavy atom. The second-order valence-electron chi connectivity index (χ2n) is 8.21. The zero-order valence-electron chi connectivity index (χ0n) is 14.8. The third-order valence-corrected chi connectivity index (χ3v) is 5.24. The molecule has 0 aromatic heterocycles. The highest BCUT2D eigenvalue weighted by Gasteiger charge is 2.29. The lowest BCUT2D eigenvalue weighted by Gasteiger charge is -2.40. The fourth-order valence-corrected chi connectivity index (χ4v) is 3.29. The normalized spacial score (nSPS) is 24.4. The number of rotatable bonds is 9. The van der Waals surface area contributed by atoms with E-state index in [0.717, 1.165) is 24.9 Å². The molecule has 1 aliphatic heterocycles. The van der Waals surface area contributed by atoms with Gasteiger partial charge in [-0.05, 0) is 43.1 Å². The topological polar surface area (TPSA) is 18.5 Å². The smallest absolute Gasteiger partial charge is 0.0110 e. The summed E-state index contributed by atoms with van der Waals surface area (Å²) in [7, 11) is 0. The minimum Gasteiger partial charge on any atom is -0.316 e. The van der Waals surface area contributed by atoms with Crippen LogP contribution in [0, 0.1) is 17.3 Å². The maximum Gasteiger partial charge on any atom is 0.0110 e. The van der Waals surface area contributed by atoms with Gasteiger partial charge in [0.15, 0.2) is 0 Å². The molecular formula is C18H37N3. The fraction of sp³-hybridized carbons (Fsp3) is 1.00. The lowest BCUT2D eigenvalue weighted by molar-refractivity contribution is 0.0857. The SMILES string of the molecule is CCC(C)(CNCC(C)C)CN1CCN(CC2CC2)CC1. The van der Waals surface area contributed by atoms with E-state index in [2.05, 4.69) is 42.8 Å². The molecule has 0 bridgehead atoms. The molecule has 3 nitrogen and oxygen atoms in total. The molecule has 1 heterocycles. The van der Waals surface area contributed by atoms with Crippen molar-refractivity contribution in [3.63, 3.8) is 0 Å². The number of nitrogens with one attached hydrogen (secondary N) is 1. The average molecular weight is 296 g/mol. The van der Waals surface area contributed by atoms with E-state index in [9.17, 15) is 0 Å². The first-order valence-corrected chi connectivity index (χ1v) is 9.16. The number of hydrogen-bond acceptors (Lipinski definition) is 3. The molecule has 1 unspecified atom stereocenters. The van der Waals surface area contributed by atoms with Crippen LogP contribution >= 0.6 is 0 Å². The molecule has 21 heavy (non-hydrogen) atoms. The molecule has 0 radical (unpaired) electrons. The molecule has 0 aromatic carbocycles. The molecule has 1 N–H and O–H groups in total. The van der Waals surface area contributed by atoms with Gasteiger partial charge in [-0.1, -0.05) is 27.7 Å². The maximum atomic E-state index is 3.67. The Morgan fingerprint density at radius 3 is 2.24 bits per heavy atom. The third-order valence-electron chi connectivity index (χ3n) is 5.24. The zero-order valence-corrected chi connectivity index (χ0v) is 14.8. The van der Waals surface area contributed by atoms with Crippen LogP contribution in [0.1, 0.15) is 47.0 Å². The Labute approximate surface area is 132 Å². The Hall–Kier alpha value is -0.120. The minimum atomic E-state index is 0.424. The number of piperazine rings is 1. The van der Waals surface area contributed by atoms with Gasteiger partial charge in [0.2, 0.25) is 0 Å². The molecule has 124 valence electrons. The highest BCUT2D eigenvalue weighted by atomic mass is 15.3. The van der Waals surface area contributed by atoms with Crippen LogP contribution in [-0.2, 0) is 0 Å². The largest absolute Gasteiger partial charge is 0.316 e. The quantitative estimate of drug-likeness (QED) is 0.705. The van der Waals surface area contributed by atoms with E-state index in [0.29, 0.717) is 5.41 Å². The van der Waals surface area contributed by atoms with Gasteiger partial charge in [-0.25, -0.2) is 0 Å². The van der Waals surface area contributed by atoms with Crippen LogP contribution in [0.3, 0.4) is 0 Å². The number of nitrogens with zero attached hydrogens (tertiary/aromatic N) is 2. The van der Waals surface area contributed by atoms with Crippen molar-refractivity contribution >= 4 is 0 Å². The molecule has 3 heteroatoms. The molecule has 0 aromatic rings. The molecule has 2 rings (SSSR count). The van der Waals surface area contributed by atoms with Gasteiger partial charge in [-0.3, -0.25) is 0 Å². The fourth-order valence-electron chi connectivity index (χ4n) is 3.29. The van der Waals surface area contributed by atoms with Gasteiger partial charge in [0.05, 0.1) is 0 Å². The lowest BCUT2D eigenvalue weighted by Crippen LogP contribution is -2.51. The lowest BCUT2D eigenvalue weighted by atomic mass is 9.86. The molecular weight excluding hydrogens is 258 g/mol. The summed E-state index contributed by atoms with van der Waals surface area (Å²) in [6.07, 6.45) is 4.23. The second kappa shape index (κ2) is 7.94. The Bertz CT molecular complexity index is 293. The highest BCUT2D eigenvalue weighted by Crippen LogP contribution is 2.30. The molecule has 2 fully saturated rings. The average Bonchev–Trinajstić information content (AvgIpc) is 3.25. The van der Waals surface area contributed by atoms with E-state index in [1.807, 2.05) is 0 Å². The van der Waals surface area contributed by atoms with E-state index in [4.69, 9.17) is 0 Å². The molecule has 0 spiro atoms. The standard InChI is InChI=1S/C18H37N3/c1-5-18(4,14-19-12-16(2)3)15-21-10-8-20(9-11-21)13-17-6-7-17/h16-17,19H,5-15H2,1-4H3. The van der Waals surface area contributed by atoms with Crippen LogP contribution in [0.5, 0.6) is 0 Å². The summed E-state index contributed by atoms with van der Waals surface area (Å²) < 4.78 is 0. The van der Waals surface area contributed by atoms with E-state index < -0.39 is 0 Å². The first-order valence-electron chi connectivity index (χ1n) is 9.16. The molecule has 1 atom stereocenters. The van der Waals surface area contributed by atoms with Crippen molar-refractivity contribution in [2.75, 3.05) is 52.4 Å². The third kappa shape index (κ3) is 6.25. The predicted molar refractivity (Wildman–Crippen MR) is 91.7 cm³/mol. The maximum absolute atomic E-state index is 3.67. The monoisotopic (exact) mass is 295 g/mol. The first-order chi connectivity index (χ1) is 10.0. The first kappa shape index (κ1) is 17.2. The molecule has 1 saturated carbocycles. The Kier molecular flexibility index (Phi) is 6.51. The van der Waals surface area contributed by atoms with Crippen molar-refractivity contribution in [3.8, 4) is 0 Å². The van der Waals surface area contributed by atoms with Crippen molar-refractivity contribution in [1.29, 1.82) is 0 Å². The van der Waals surface area contributed by atoms with Gasteiger partial charge in [-0.15, -0.1) is 0 Å². The summed E-state index contributed by atoms with van der Waals surface area (Å²) in [6.45, 7) is 19.4. The van der Waals surface area contributed by atoms with Crippen LogP contribution in [0.2, 0.25) is 0 Å². The molecule has 2 aliphatic rings. The van der Waals surface area contributed by atoms with E-state index in [-0.39, 0.29) is 0 Å². The Balaban J connectivity index is 1.68. The van der Waals surface area contributed by atoms with E-state index >= 15 is 0 Å². The molecule has 1 aliphatic carbocycles. The van der Waals surface area contributed by atoms with Gasteiger partial charge in [0.25, 0.3) is 0 Å². The zero-order chi connectivity index (χ0) is 15.3. The van der Waals surface area contributed by atoms with Crippen molar-refractivity contribution < 1.29 is 0 Å². The van der Waals surface area contributed by atoms with Crippen LogP contribution in [-0.4, -0.2) is 62.2 Å². The summed E-state index contributed by atoms with van der Waals surface area (Å²) in [6, 6.07) is 0. The molecule has 1 saturated heterocycles. The van der Waals surface area contributed by atoms with Gasteiger partial charge >= 0.3 is 0 Å². The number of hydrogen-bond donors (Lipinski definition) is 1. The summed E-state index contributed by atoms with van der Waals surface area (Å²) in [5, 5.41) is 3.67. The second-order valence-corrected chi connectivity index (χ2v) is 8.21. The summed E-state index contributed by atoms with van der Waals surface area (Å²) in [5.74, 6) is 1.79. The predicted octanol–water partition coefficient (Wildman–Crippen LogP) is 2.68. The van der Waals surface area contributed by atoms with Crippen molar-refractivity contribution in [2.24, 2.45) is 17.3 Å². The summed E-state index contributed by atoms with van der Waals surface area (Å²) in [4.78, 5) is 5.39. The summed E-state index contributed by atoms with van der Waals surface area (Å²) >= 11 is 0. The van der Waals surface area contributed by atoms with Crippen molar-refractivity contribution in [1.82, 2.24) is 15.1 Å². The van der Waals surface area contributed by atoms with Gasteiger partial charge in [0, 0.05) is 45.8 Å². The van der Waals surface area contributed by atoms with Crippen molar-refractivity contribution in [2.45, 2.75) is 47.0 Å². The summed E-state index contributed by atoms with van der Waals surface area (Å²) in [5.41, 5.74) is 0.424. The van der Waals surface area contributed by atoms with Crippen LogP contribution in [0.4, 0.5) is 0 Å². The van der Waals surface area contributed by atoms with Crippen LogP contribution < -0.4 is 5.32 Å². The van der Waals surface area contributed by atoms with E-state index in [1.165, 1.54) is 58.5 Å². The highest BCUT2D eigenvalue weighted by molar-refractivity contribution is 4.84. The van der Waals surface area contributed by atoms with E-state index in [1.54, 1.807) is 0 Å². The van der Waals surface area contributed by atoms with Crippen LogP contribution in [0.25, 0.3) is 0 Å². The molecule has 0 amide bonds. The minimum absolute atomic E-state index is 0.424. The van der Waals surface area contributed by atoms with Gasteiger partial charge in [-0.2, -0.15) is 0 Å². The van der Waals surface area contributed by atoms with Crippen molar-refractivity contribution in [3.05, 3.63) is 0 Å².